The molecule has 2 saturated heterocycles. The zero-order chi connectivity index (χ0) is 13.0. The molecule has 18 heavy (non-hydrogen) atoms. The second kappa shape index (κ2) is 6.60. The minimum Gasteiger partial charge on any atom is -0.390 e. The van der Waals surface area contributed by atoms with Crippen LogP contribution in [0.4, 0.5) is 0 Å². The molecule has 2 rings (SSSR count). The van der Waals surface area contributed by atoms with E-state index >= 15 is 0 Å². The SMILES string of the molecule is CCCC(O)C(O)C1CCOC2(CCSCC2)C1. The van der Waals surface area contributed by atoms with Gasteiger partial charge in [-0.15, -0.1) is 0 Å². The molecule has 0 bridgehead atoms. The Bertz CT molecular complexity index is 248. The van der Waals surface area contributed by atoms with Gasteiger partial charge in [-0.3, -0.25) is 0 Å². The fraction of sp³-hybridized carbons (Fsp3) is 1.00. The summed E-state index contributed by atoms with van der Waals surface area (Å²) in [5, 5.41) is 20.2. The summed E-state index contributed by atoms with van der Waals surface area (Å²) in [6.07, 6.45) is 4.50. The highest BCUT2D eigenvalue weighted by molar-refractivity contribution is 7.99. The number of hydrogen-bond acceptors (Lipinski definition) is 4. The Hall–Kier alpha value is 0.230. The Morgan fingerprint density at radius 3 is 2.72 bits per heavy atom. The highest BCUT2D eigenvalue weighted by Crippen LogP contribution is 2.41. The average Bonchev–Trinajstić information content (AvgIpc) is 2.39. The number of aliphatic hydroxyl groups excluding tert-OH is 2. The molecule has 1 spiro atoms. The fourth-order valence-corrected chi connectivity index (χ4v) is 4.47. The molecule has 3 nitrogen and oxygen atoms in total. The number of hydrogen-bond donors (Lipinski definition) is 2. The largest absolute Gasteiger partial charge is 0.390 e. The Balaban J connectivity index is 1.93. The van der Waals surface area contributed by atoms with Crippen LogP contribution in [0.3, 0.4) is 0 Å². The minimum absolute atomic E-state index is 0.00107. The zero-order valence-corrected chi connectivity index (χ0v) is 12.1. The predicted molar refractivity (Wildman–Crippen MR) is 74.9 cm³/mol. The number of ether oxygens (including phenoxy) is 1. The van der Waals surface area contributed by atoms with E-state index < -0.39 is 12.2 Å². The van der Waals surface area contributed by atoms with Crippen molar-refractivity contribution in [3.8, 4) is 0 Å². The molecule has 2 heterocycles. The molecule has 4 heteroatoms. The summed E-state index contributed by atoms with van der Waals surface area (Å²) in [4.78, 5) is 0. The van der Waals surface area contributed by atoms with Crippen LogP contribution in [0, 0.1) is 5.92 Å². The molecule has 0 aromatic rings. The lowest BCUT2D eigenvalue weighted by Gasteiger charge is -2.45. The van der Waals surface area contributed by atoms with E-state index in [0.29, 0.717) is 6.42 Å². The first-order chi connectivity index (χ1) is 8.67. The van der Waals surface area contributed by atoms with Crippen molar-refractivity contribution < 1.29 is 14.9 Å². The van der Waals surface area contributed by atoms with Crippen molar-refractivity contribution >= 4 is 11.8 Å². The molecule has 3 unspecified atom stereocenters. The molecule has 106 valence electrons. The lowest BCUT2D eigenvalue weighted by atomic mass is 9.78. The van der Waals surface area contributed by atoms with E-state index in [4.69, 9.17) is 4.74 Å². The second-order valence-electron chi connectivity index (χ2n) is 5.74. The third kappa shape index (κ3) is 3.41. The fourth-order valence-electron chi connectivity index (χ4n) is 3.23. The van der Waals surface area contributed by atoms with Gasteiger partial charge in [0, 0.05) is 6.61 Å². The second-order valence-corrected chi connectivity index (χ2v) is 6.97. The number of thioether (sulfide) groups is 1. The van der Waals surface area contributed by atoms with E-state index in [-0.39, 0.29) is 11.5 Å². The van der Waals surface area contributed by atoms with Crippen molar-refractivity contribution in [2.45, 2.75) is 63.3 Å². The van der Waals surface area contributed by atoms with Gasteiger partial charge in [0.2, 0.25) is 0 Å². The smallest absolute Gasteiger partial charge is 0.0829 e. The van der Waals surface area contributed by atoms with Crippen LogP contribution in [0.5, 0.6) is 0 Å². The normalized spacial score (nSPS) is 31.2. The van der Waals surface area contributed by atoms with E-state index in [9.17, 15) is 10.2 Å². The van der Waals surface area contributed by atoms with Gasteiger partial charge in [0.15, 0.2) is 0 Å². The highest BCUT2D eigenvalue weighted by Gasteiger charge is 2.41. The van der Waals surface area contributed by atoms with Gasteiger partial charge >= 0.3 is 0 Å². The quantitative estimate of drug-likeness (QED) is 0.825. The first kappa shape index (κ1) is 14.6. The Morgan fingerprint density at radius 2 is 2.06 bits per heavy atom. The van der Waals surface area contributed by atoms with Crippen LogP contribution in [0.1, 0.15) is 45.4 Å². The predicted octanol–water partition coefficient (Wildman–Crippen LogP) is 2.20. The van der Waals surface area contributed by atoms with Crippen molar-refractivity contribution in [1.82, 2.24) is 0 Å². The topological polar surface area (TPSA) is 49.7 Å². The number of aliphatic hydroxyl groups is 2. The van der Waals surface area contributed by atoms with Crippen molar-refractivity contribution in [3.63, 3.8) is 0 Å². The third-order valence-corrected chi connectivity index (χ3v) is 5.38. The summed E-state index contributed by atoms with van der Waals surface area (Å²) in [7, 11) is 0. The van der Waals surface area contributed by atoms with Gasteiger partial charge in [-0.25, -0.2) is 0 Å². The molecule has 0 aliphatic carbocycles. The summed E-state index contributed by atoms with van der Waals surface area (Å²) in [6.45, 7) is 2.78. The number of rotatable bonds is 4. The van der Waals surface area contributed by atoms with E-state index in [2.05, 4.69) is 0 Å². The zero-order valence-electron chi connectivity index (χ0n) is 11.3. The van der Waals surface area contributed by atoms with E-state index in [0.717, 1.165) is 38.7 Å². The average molecular weight is 274 g/mol. The van der Waals surface area contributed by atoms with Crippen LogP contribution in [-0.4, -0.2) is 46.1 Å². The standard InChI is InChI=1S/C14H26O3S/c1-2-3-12(15)13(16)11-4-7-17-14(10-11)5-8-18-9-6-14/h11-13,15-16H,2-10H2,1H3. The van der Waals surface area contributed by atoms with Gasteiger partial charge in [-0.05, 0) is 49.5 Å². The molecule has 2 fully saturated rings. The lowest BCUT2D eigenvalue weighted by molar-refractivity contribution is -0.135. The minimum atomic E-state index is -0.569. The van der Waals surface area contributed by atoms with Crippen LogP contribution in [-0.2, 0) is 4.74 Å². The molecular weight excluding hydrogens is 248 g/mol. The first-order valence-corrected chi connectivity index (χ1v) is 8.40. The van der Waals surface area contributed by atoms with E-state index in [1.54, 1.807) is 0 Å². The maximum Gasteiger partial charge on any atom is 0.0829 e. The molecule has 0 aromatic heterocycles. The summed E-state index contributed by atoms with van der Waals surface area (Å²) in [5.41, 5.74) is 0.00107. The monoisotopic (exact) mass is 274 g/mol. The van der Waals surface area contributed by atoms with E-state index in [1.807, 2.05) is 18.7 Å². The molecule has 0 radical (unpaired) electrons. The van der Waals surface area contributed by atoms with E-state index in [1.165, 1.54) is 11.5 Å². The summed E-state index contributed by atoms with van der Waals surface area (Å²) >= 11 is 1.99. The van der Waals surface area contributed by atoms with Crippen LogP contribution in [0.2, 0.25) is 0 Å². The summed E-state index contributed by atoms with van der Waals surface area (Å²) in [6, 6.07) is 0. The maximum absolute atomic E-state index is 10.3. The Kier molecular flexibility index (Phi) is 5.36. The van der Waals surface area contributed by atoms with Crippen LogP contribution in [0.15, 0.2) is 0 Å². The molecule has 2 N–H and O–H groups in total. The molecular formula is C14H26O3S. The van der Waals surface area contributed by atoms with Gasteiger partial charge in [0.1, 0.15) is 0 Å². The van der Waals surface area contributed by atoms with Crippen LogP contribution in [0.25, 0.3) is 0 Å². The lowest BCUT2D eigenvalue weighted by Crippen LogP contribution is -2.47. The Labute approximate surface area is 114 Å². The van der Waals surface area contributed by atoms with Crippen LogP contribution >= 0.6 is 11.8 Å². The summed E-state index contributed by atoms with van der Waals surface area (Å²) in [5.74, 6) is 2.55. The maximum atomic E-state index is 10.3. The van der Waals surface area contributed by atoms with Crippen molar-refractivity contribution in [1.29, 1.82) is 0 Å². The first-order valence-electron chi connectivity index (χ1n) is 7.25. The third-order valence-electron chi connectivity index (χ3n) is 4.40. The summed E-state index contributed by atoms with van der Waals surface area (Å²) < 4.78 is 6.02. The molecule has 3 atom stereocenters. The Morgan fingerprint density at radius 1 is 1.33 bits per heavy atom. The van der Waals surface area contributed by atoms with Gasteiger partial charge in [0.05, 0.1) is 17.8 Å². The molecule has 0 saturated carbocycles. The molecule has 0 aromatic carbocycles. The molecule has 2 aliphatic rings. The molecule has 2 aliphatic heterocycles. The van der Waals surface area contributed by atoms with Crippen molar-refractivity contribution in [2.75, 3.05) is 18.1 Å². The van der Waals surface area contributed by atoms with Crippen LogP contribution < -0.4 is 0 Å². The molecule has 0 amide bonds. The van der Waals surface area contributed by atoms with Gasteiger partial charge < -0.3 is 14.9 Å². The van der Waals surface area contributed by atoms with Gasteiger partial charge in [-0.2, -0.15) is 11.8 Å². The van der Waals surface area contributed by atoms with Crippen molar-refractivity contribution in [2.24, 2.45) is 5.92 Å². The highest BCUT2D eigenvalue weighted by atomic mass is 32.2. The van der Waals surface area contributed by atoms with Gasteiger partial charge in [-0.1, -0.05) is 13.3 Å². The van der Waals surface area contributed by atoms with Gasteiger partial charge in [0.25, 0.3) is 0 Å². The van der Waals surface area contributed by atoms with Crippen molar-refractivity contribution in [3.05, 3.63) is 0 Å².